The van der Waals surface area contributed by atoms with Gasteiger partial charge in [0, 0.05) is 47.0 Å². The molecule has 0 bridgehead atoms. The minimum atomic E-state index is -1.37. The fourth-order valence-electron chi connectivity index (χ4n) is 9.80. The Hall–Kier alpha value is -6.43. The largest absolute Gasteiger partial charge is 0.310 e. The summed E-state index contributed by atoms with van der Waals surface area (Å²) in [5, 5.41) is 6.96. The quantitative estimate of drug-likeness (QED) is 0.160. The van der Waals surface area contributed by atoms with Gasteiger partial charge in [-0.2, -0.15) is 0 Å². The van der Waals surface area contributed by atoms with E-state index >= 15 is 0 Å². The second kappa shape index (κ2) is 13.9. The molecule has 2 aliphatic rings. The van der Waals surface area contributed by atoms with Crippen LogP contribution >= 0.6 is 23.1 Å². The molecule has 0 saturated carbocycles. The Morgan fingerprint density at radius 2 is 0.983 bits per heavy atom. The number of para-hydroxylation sites is 1. The van der Waals surface area contributed by atoms with E-state index < -0.39 is 14.2 Å². The van der Waals surface area contributed by atoms with Gasteiger partial charge in [0.05, 0.1) is 5.41 Å². The smallest absolute Gasteiger partial charge is 0.155 e. The third-order valence-corrected chi connectivity index (χ3v) is 17.5. The number of benzene rings is 9. The molecule has 277 valence electrons. The second-order valence-corrected chi connectivity index (χ2v) is 19.9. The van der Waals surface area contributed by atoms with Crippen molar-refractivity contribution >= 4 is 84.7 Å². The van der Waals surface area contributed by atoms with E-state index in [-0.39, 0.29) is 0 Å². The SMILES string of the molecule is c1ccc(N(c2ccc(-c3cccc4c3sc3ccccc34)cc2)c2ccc3c(c2)C2(c4ccccc4Sc4ccccc42)c2ccccc2[Si]3c2ccccc2)cc1. The van der Waals surface area contributed by atoms with Crippen molar-refractivity contribution in [3.63, 3.8) is 0 Å². The van der Waals surface area contributed by atoms with Gasteiger partial charge in [-0.05, 0) is 98.4 Å². The maximum Gasteiger partial charge on any atom is 0.155 e. The van der Waals surface area contributed by atoms with Crippen LogP contribution in [0.2, 0.25) is 0 Å². The van der Waals surface area contributed by atoms with Crippen molar-refractivity contribution in [3.8, 4) is 11.1 Å². The molecule has 3 heterocycles. The van der Waals surface area contributed by atoms with Crippen molar-refractivity contribution in [1.29, 1.82) is 0 Å². The molecule has 4 heteroatoms. The van der Waals surface area contributed by atoms with E-state index in [1.807, 2.05) is 23.1 Å². The molecule has 12 rings (SSSR count). The van der Waals surface area contributed by atoms with Crippen molar-refractivity contribution in [2.24, 2.45) is 0 Å². The van der Waals surface area contributed by atoms with Gasteiger partial charge in [0.15, 0.2) is 8.80 Å². The van der Waals surface area contributed by atoms with E-state index in [1.54, 1.807) is 0 Å². The average Bonchev–Trinajstić information content (AvgIpc) is 3.69. The Balaban J connectivity index is 1.10. The highest BCUT2D eigenvalue weighted by Crippen LogP contribution is 2.56. The van der Waals surface area contributed by atoms with Crippen LogP contribution in [0.25, 0.3) is 31.3 Å². The highest BCUT2D eigenvalue weighted by Gasteiger charge is 2.51. The number of nitrogens with zero attached hydrogens (tertiary/aromatic N) is 1. The molecular weight excluding hydrogens is 767 g/mol. The van der Waals surface area contributed by atoms with Gasteiger partial charge in [0.25, 0.3) is 0 Å². The maximum absolute atomic E-state index is 2.54. The number of thiophene rings is 1. The number of hydrogen-bond acceptors (Lipinski definition) is 3. The molecule has 9 aromatic carbocycles. The molecule has 2 aliphatic heterocycles. The summed E-state index contributed by atoms with van der Waals surface area (Å²) in [5.74, 6) is 0. The molecule has 0 N–H and O–H groups in total. The lowest BCUT2D eigenvalue weighted by Crippen LogP contribution is -2.62. The Morgan fingerprint density at radius 3 is 1.75 bits per heavy atom. The van der Waals surface area contributed by atoms with Crippen molar-refractivity contribution in [3.05, 3.63) is 241 Å². The lowest BCUT2D eigenvalue weighted by molar-refractivity contribution is 0.708. The summed E-state index contributed by atoms with van der Waals surface area (Å²) in [6, 6.07) is 81.8. The number of fused-ring (bicyclic) bond motifs is 11. The molecule has 1 radical (unpaired) electrons. The summed E-state index contributed by atoms with van der Waals surface area (Å²) < 4.78 is 2.66. The molecule has 0 unspecified atom stereocenters. The topological polar surface area (TPSA) is 3.24 Å². The molecule has 1 nitrogen and oxygen atoms in total. The van der Waals surface area contributed by atoms with Crippen molar-refractivity contribution in [2.45, 2.75) is 15.2 Å². The molecule has 0 atom stereocenters. The van der Waals surface area contributed by atoms with E-state index in [2.05, 4.69) is 223 Å². The standard InChI is InChI=1S/C55H36NS2Si/c1-3-16-38(17-4-1)56(39-32-30-37(31-33-39)42-21-15-22-44-43-20-7-11-26-49(43)58-54(42)44)40-34-35-53-48(36-40)55(45-23-8-12-27-50(45)57-51-28-13-9-24-46(51)55)47-25-10-14-29-52(47)59(53)41-18-5-2-6-19-41/h1-36H. The van der Waals surface area contributed by atoms with E-state index in [9.17, 15) is 0 Å². The molecular formula is C55H36NS2Si. The van der Waals surface area contributed by atoms with Gasteiger partial charge in [-0.25, -0.2) is 0 Å². The first-order chi connectivity index (χ1) is 29.3. The summed E-state index contributed by atoms with van der Waals surface area (Å²) in [7, 11) is -1.37. The molecule has 0 fully saturated rings. The molecule has 0 amide bonds. The van der Waals surface area contributed by atoms with Crippen LogP contribution in [0.4, 0.5) is 17.1 Å². The van der Waals surface area contributed by atoms with Crippen LogP contribution in [0.1, 0.15) is 22.3 Å². The molecule has 0 aliphatic carbocycles. The number of anilines is 3. The summed E-state index contributed by atoms with van der Waals surface area (Å²) in [6.07, 6.45) is 0. The van der Waals surface area contributed by atoms with E-state index in [0.717, 1.165) is 17.1 Å². The van der Waals surface area contributed by atoms with Gasteiger partial charge in [-0.1, -0.05) is 181 Å². The van der Waals surface area contributed by atoms with Crippen LogP contribution < -0.4 is 20.5 Å². The van der Waals surface area contributed by atoms with Crippen LogP contribution in [0, 0.1) is 0 Å². The molecule has 1 aromatic heterocycles. The summed E-state index contributed by atoms with van der Waals surface area (Å²) in [6.45, 7) is 0. The average molecular weight is 803 g/mol. The Morgan fingerprint density at radius 1 is 0.407 bits per heavy atom. The first kappa shape index (κ1) is 34.6. The van der Waals surface area contributed by atoms with Gasteiger partial charge in [0.1, 0.15) is 0 Å². The van der Waals surface area contributed by atoms with Crippen LogP contribution in [0.5, 0.6) is 0 Å². The third kappa shape index (κ3) is 5.30. The zero-order chi connectivity index (χ0) is 38.9. The number of rotatable bonds is 5. The first-order valence-corrected chi connectivity index (χ1v) is 23.3. The molecule has 1 spiro atoms. The van der Waals surface area contributed by atoms with Gasteiger partial charge in [0.2, 0.25) is 0 Å². The van der Waals surface area contributed by atoms with Crippen molar-refractivity contribution in [2.75, 3.05) is 4.90 Å². The van der Waals surface area contributed by atoms with Crippen LogP contribution in [-0.2, 0) is 5.41 Å². The van der Waals surface area contributed by atoms with Crippen LogP contribution in [0.3, 0.4) is 0 Å². The maximum atomic E-state index is 2.54. The van der Waals surface area contributed by atoms with Gasteiger partial charge in [-0.15, -0.1) is 11.3 Å². The van der Waals surface area contributed by atoms with Gasteiger partial charge >= 0.3 is 0 Å². The molecule has 10 aromatic rings. The molecule has 59 heavy (non-hydrogen) atoms. The first-order valence-electron chi connectivity index (χ1n) is 20.2. The molecule has 0 saturated heterocycles. The van der Waals surface area contributed by atoms with Gasteiger partial charge < -0.3 is 4.90 Å². The predicted molar refractivity (Wildman–Crippen MR) is 253 cm³/mol. The normalized spacial score (nSPS) is 13.8. The lowest BCUT2D eigenvalue weighted by atomic mass is 9.64. The zero-order valence-electron chi connectivity index (χ0n) is 32.0. The third-order valence-electron chi connectivity index (χ3n) is 12.3. The van der Waals surface area contributed by atoms with Gasteiger partial charge in [-0.3, -0.25) is 0 Å². The summed E-state index contributed by atoms with van der Waals surface area (Å²) in [5.41, 5.74) is 10.9. The Bertz CT molecular complexity index is 3160. The summed E-state index contributed by atoms with van der Waals surface area (Å²) in [4.78, 5) is 5.08. The minimum Gasteiger partial charge on any atom is -0.310 e. The number of hydrogen-bond donors (Lipinski definition) is 0. The van der Waals surface area contributed by atoms with Crippen molar-refractivity contribution < 1.29 is 0 Å². The fraction of sp³-hybridized carbons (Fsp3) is 0.0182. The summed E-state index contributed by atoms with van der Waals surface area (Å²) >= 11 is 3.79. The highest BCUT2D eigenvalue weighted by molar-refractivity contribution is 7.99. The van der Waals surface area contributed by atoms with E-state index in [4.69, 9.17) is 0 Å². The Labute approximate surface area is 354 Å². The fourth-order valence-corrected chi connectivity index (χ4v) is 15.2. The Kier molecular flexibility index (Phi) is 8.12. The lowest BCUT2D eigenvalue weighted by Gasteiger charge is -2.48. The predicted octanol–water partition coefficient (Wildman–Crippen LogP) is 12.9. The second-order valence-electron chi connectivity index (χ2n) is 15.4. The minimum absolute atomic E-state index is 0.502. The van der Waals surface area contributed by atoms with E-state index in [1.165, 1.54) is 78.9 Å². The van der Waals surface area contributed by atoms with E-state index in [0.29, 0.717) is 0 Å². The van der Waals surface area contributed by atoms with Crippen LogP contribution in [-0.4, -0.2) is 8.80 Å². The van der Waals surface area contributed by atoms with Crippen LogP contribution in [0.15, 0.2) is 228 Å². The highest BCUT2D eigenvalue weighted by atomic mass is 32.2. The zero-order valence-corrected chi connectivity index (χ0v) is 34.7. The van der Waals surface area contributed by atoms with Crippen molar-refractivity contribution in [1.82, 2.24) is 0 Å². The monoisotopic (exact) mass is 802 g/mol.